The Morgan fingerprint density at radius 1 is 1.04 bits per heavy atom. The lowest BCUT2D eigenvalue weighted by atomic mass is 10.1. The predicted octanol–water partition coefficient (Wildman–Crippen LogP) is 4.19. The van der Waals surface area contributed by atoms with Crippen molar-refractivity contribution in [2.24, 2.45) is 0 Å². The number of carbonyl (C=O) groups excluding carboxylic acids is 1. The summed E-state index contributed by atoms with van der Waals surface area (Å²) in [7, 11) is 0. The van der Waals surface area contributed by atoms with Gasteiger partial charge in [0.05, 0.1) is 5.69 Å². The first-order valence-electron chi connectivity index (χ1n) is 9.06. The molecule has 2 heterocycles. The number of hydrogen-bond acceptors (Lipinski definition) is 2. The van der Waals surface area contributed by atoms with Crippen LogP contribution in [-0.4, -0.2) is 26.9 Å². The van der Waals surface area contributed by atoms with E-state index in [0.717, 1.165) is 18.2 Å². The van der Waals surface area contributed by atoms with Crippen LogP contribution in [0.1, 0.15) is 28.7 Å². The van der Waals surface area contributed by atoms with E-state index in [1.165, 1.54) is 17.0 Å². The maximum absolute atomic E-state index is 14.0. The molecule has 1 amide bonds. The van der Waals surface area contributed by atoms with E-state index in [1.807, 2.05) is 6.92 Å². The highest BCUT2D eigenvalue weighted by atomic mass is 19.1. The molecule has 4 nitrogen and oxygen atoms in total. The van der Waals surface area contributed by atoms with Crippen LogP contribution in [0, 0.1) is 17.5 Å². The lowest BCUT2D eigenvalue weighted by Gasteiger charge is -2.27. The maximum Gasteiger partial charge on any atom is 0.272 e. The Balaban J connectivity index is 1.69. The number of fused-ring (bicyclic) bond motifs is 1. The first kappa shape index (κ1) is 18.3. The molecule has 3 aromatic rings. The molecule has 0 unspecified atom stereocenters. The standard InChI is InChI=1S/C21H18F3N3O/c1-2-27-19-18(25-20(27)13-3-5-15(22)6-4-13)9-10-26(21(19)28)12-14-11-16(23)7-8-17(14)24/h3-8,11H,2,9-10,12H2,1H3. The van der Waals surface area contributed by atoms with Crippen LogP contribution >= 0.6 is 0 Å². The van der Waals surface area contributed by atoms with Gasteiger partial charge in [0.25, 0.3) is 5.91 Å². The molecule has 0 spiro atoms. The Labute approximate surface area is 160 Å². The van der Waals surface area contributed by atoms with Gasteiger partial charge in [0.1, 0.15) is 29.0 Å². The van der Waals surface area contributed by atoms with E-state index in [4.69, 9.17) is 0 Å². The van der Waals surface area contributed by atoms with Crippen LogP contribution in [0.5, 0.6) is 0 Å². The third-order valence-corrected chi connectivity index (χ3v) is 4.94. The molecule has 0 aliphatic carbocycles. The lowest BCUT2D eigenvalue weighted by molar-refractivity contribution is 0.0712. The molecule has 0 fully saturated rings. The minimum Gasteiger partial charge on any atom is -0.332 e. The zero-order valence-corrected chi connectivity index (χ0v) is 15.3. The average Bonchev–Trinajstić information content (AvgIpc) is 3.07. The fourth-order valence-electron chi connectivity index (χ4n) is 3.56. The summed E-state index contributed by atoms with van der Waals surface area (Å²) >= 11 is 0. The van der Waals surface area contributed by atoms with Crippen LogP contribution in [0.15, 0.2) is 42.5 Å². The summed E-state index contributed by atoms with van der Waals surface area (Å²) in [4.78, 5) is 19.2. The molecule has 1 aliphatic rings. The van der Waals surface area contributed by atoms with Gasteiger partial charge >= 0.3 is 0 Å². The molecule has 144 valence electrons. The predicted molar refractivity (Wildman–Crippen MR) is 98.1 cm³/mol. The number of aromatic nitrogens is 2. The molecule has 1 aromatic heterocycles. The molecular weight excluding hydrogens is 367 g/mol. The Morgan fingerprint density at radius 3 is 2.46 bits per heavy atom. The highest BCUT2D eigenvalue weighted by Crippen LogP contribution is 2.28. The maximum atomic E-state index is 14.0. The van der Waals surface area contributed by atoms with Crippen LogP contribution in [0.25, 0.3) is 11.4 Å². The summed E-state index contributed by atoms with van der Waals surface area (Å²) in [5, 5.41) is 0. The molecular formula is C21H18F3N3O. The number of carbonyl (C=O) groups is 1. The van der Waals surface area contributed by atoms with Crippen molar-refractivity contribution in [2.75, 3.05) is 6.54 Å². The van der Waals surface area contributed by atoms with Gasteiger partial charge in [0.2, 0.25) is 0 Å². The Kier molecular flexibility index (Phi) is 4.66. The molecule has 1 aliphatic heterocycles. The number of hydrogen-bond donors (Lipinski definition) is 0. The fourth-order valence-corrected chi connectivity index (χ4v) is 3.56. The molecule has 28 heavy (non-hydrogen) atoms. The number of benzene rings is 2. The lowest BCUT2D eigenvalue weighted by Crippen LogP contribution is -2.38. The van der Waals surface area contributed by atoms with Crippen molar-refractivity contribution >= 4 is 5.91 Å². The summed E-state index contributed by atoms with van der Waals surface area (Å²) in [6, 6.07) is 9.18. The van der Waals surface area contributed by atoms with Crippen molar-refractivity contribution < 1.29 is 18.0 Å². The zero-order valence-electron chi connectivity index (χ0n) is 15.3. The van der Waals surface area contributed by atoms with Crippen molar-refractivity contribution in [3.05, 3.63) is 76.9 Å². The summed E-state index contributed by atoms with van der Waals surface area (Å²) in [6.45, 7) is 2.75. The third kappa shape index (κ3) is 3.17. The molecule has 4 rings (SSSR count). The SMILES string of the molecule is CCn1c(-c2ccc(F)cc2)nc2c1C(=O)N(Cc1cc(F)ccc1F)CC2. The van der Waals surface area contributed by atoms with E-state index < -0.39 is 11.6 Å². The quantitative estimate of drug-likeness (QED) is 0.676. The van der Waals surface area contributed by atoms with E-state index in [0.29, 0.717) is 42.3 Å². The van der Waals surface area contributed by atoms with Gasteiger partial charge < -0.3 is 9.47 Å². The second-order valence-corrected chi connectivity index (χ2v) is 6.69. The van der Waals surface area contributed by atoms with Gasteiger partial charge in [0, 0.05) is 37.2 Å². The topological polar surface area (TPSA) is 38.1 Å². The first-order valence-corrected chi connectivity index (χ1v) is 9.06. The van der Waals surface area contributed by atoms with Crippen molar-refractivity contribution in [3.8, 4) is 11.4 Å². The molecule has 2 aromatic carbocycles. The van der Waals surface area contributed by atoms with Gasteiger partial charge in [-0.15, -0.1) is 0 Å². The zero-order chi connectivity index (χ0) is 19.8. The van der Waals surface area contributed by atoms with Gasteiger partial charge in [-0.05, 0) is 49.4 Å². The summed E-state index contributed by atoms with van der Waals surface area (Å²) in [5.74, 6) is -1.11. The number of amides is 1. The van der Waals surface area contributed by atoms with E-state index in [2.05, 4.69) is 4.98 Å². The van der Waals surface area contributed by atoms with Crippen LogP contribution in [0.2, 0.25) is 0 Å². The van der Waals surface area contributed by atoms with Crippen LogP contribution in [-0.2, 0) is 19.5 Å². The largest absolute Gasteiger partial charge is 0.332 e. The van der Waals surface area contributed by atoms with Gasteiger partial charge in [0.15, 0.2) is 0 Å². The van der Waals surface area contributed by atoms with Crippen LogP contribution in [0.4, 0.5) is 13.2 Å². The van der Waals surface area contributed by atoms with E-state index in [9.17, 15) is 18.0 Å². The molecule has 0 saturated carbocycles. The van der Waals surface area contributed by atoms with E-state index in [-0.39, 0.29) is 23.8 Å². The fraction of sp³-hybridized carbons (Fsp3) is 0.238. The van der Waals surface area contributed by atoms with Crippen LogP contribution in [0.3, 0.4) is 0 Å². The molecule has 0 N–H and O–H groups in total. The van der Waals surface area contributed by atoms with E-state index >= 15 is 0 Å². The van der Waals surface area contributed by atoms with Crippen molar-refractivity contribution in [1.82, 2.24) is 14.5 Å². The summed E-state index contributed by atoms with van der Waals surface area (Å²) in [5.41, 5.74) is 1.97. The van der Waals surface area contributed by atoms with Gasteiger partial charge in [-0.1, -0.05) is 0 Å². The second-order valence-electron chi connectivity index (χ2n) is 6.69. The number of rotatable bonds is 4. The van der Waals surface area contributed by atoms with E-state index in [1.54, 1.807) is 16.7 Å². The van der Waals surface area contributed by atoms with Gasteiger partial charge in [-0.2, -0.15) is 0 Å². The number of nitrogens with zero attached hydrogens (tertiary/aromatic N) is 3. The van der Waals surface area contributed by atoms with Crippen molar-refractivity contribution in [1.29, 1.82) is 0 Å². The number of imidazole rings is 1. The Hall–Kier alpha value is -3.09. The van der Waals surface area contributed by atoms with Crippen LogP contribution < -0.4 is 0 Å². The molecule has 0 atom stereocenters. The second kappa shape index (κ2) is 7.14. The Morgan fingerprint density at radius 2 is 1.75 bits per heavy atom. The number of halogens is 3. The summed E-state index contributed by atoms with van der Waals surface area (Å²) in [6.07, 6.45) is 0.513. The Bertz CT molecular complexity index is 1040. The normalized spacial score (nSPS) is 13.7. The highest BCUT2D eigenvalue weighted by Gasteiger charge is 2.31. The van der Waals surface area contributed by atoms with Gasteiger partial charge in [-0.3, -0.25) is 4.79 Å². The molecule has 0 radical (unpaired) electrons. The third-order valence-electron chi connectivity index (χ3n) is 4.94. The average molecular weight is 385 g/mol. The monoisotopic (exact) mass is 385 g/mol. The minimum atomic E-state index is -0.545. The minimum absolute atomic E-state index is 0.0113. The molecule has 0 saturated heterocycles. The first-order chi connectivity index (χ1) is 13.5. The smallest absolute Gasteiger partial charge is 0.272 e. The van der Waals surface area contributed by atoms with Crippen molar-refractivity contribution in [3.63, 3.8) is 0 Å². The summed E-state index contributed by atoms with van der Waals surface area (Å²) < 4.78 is 42.5. The molecule has 7 heteroatoms. The molecule has 0 bridgehead atoms. The van der Waals surface area contributed by atoms with Crippen molar-refractivity contribution in [2.45, 2.75) is 26.4 Å². The highest BCUT2D eigenvalue weighted by molar-refractivity contribution is 5.95. The van der Waals surface area contributed by atoms with Gasteiger partial charge in [-0.25, -0.2) is 18.2 Å².